The largest absolute Gasteiger partial charge is 0.377 e. The van der Waals surface area contributed by atoms with Crippen molar-refractivity contribution in [1.29, 1.82) is 0 Å². The predicted molar refractivity (Wildman–Crippen MR) is 94.0 cm³/mol. The fraction of sp³-hybridized carbons (Fsp3) is 0.222. The summed E-state index contributed by atoms with van der Waals surface area (Å²) in [4.78, 5) is 21.4. The Morgan fingerprint density at radius 1 is 1.16 bits per heavy atom. The molecule has 0 amide bonds. The molecule has 4 aromatic rings. The number of pyridine rings is 1. The molecule has 25 heavy (non-hydrogen) atoms. The van der Waals surface area contributed by atoms with E-state index in [1.54, 1.807) is 28.6 Å². The normalized spacial score (nSPS) is 11.4. The van der Waals surface area contributed by atoms with Gasteiger partial charge in [-0.05, 0) is 30.2 Å². The highest BCUT2D eigenvalue weighted by Gasteiger charge is 2.12. The zero-order chi connectivity index (χ0) is 17.4. The molecule has 0 aliphatic carbocycles. The van der Waals surface area contributed by atoms with Crippen molar-refractivity contribution in [3.63, 3.8) is 0 Å². The molecule has 0 radical (unpaired) electrons. The summed E-state index contributed by atoms with van der Waals surface area (Å²) in [5.74, 6) is 0.978. The molecular weight excluding hydrogens is 318 g/mol. The first-order valence-corrected chi connectivity index (χ1v) is 8.05. The van der Waals surface area contributed by atoms with Crippen LogP contribution in [0.3, 0.4) is 0 Å². The van der Waals surface area contributed by atoms with Gasteiger partial charge in [-0.2, -0.15) is 9.50 Å². The highest BCUT2D eigenvalue weighted by molar-refractivity contribution is 5.78. The van der Waals surface area contributed by atoms with Gasteiger partial charge in [0.2, 0.25) is 0 Å². The molecule has 4 rings (SSSR count). The van der Waals surface area contributed by atoms with Gasteiger partial charge in [0, 0.05) is 25.2 Å². The second-order valence-corrected chi connectivity index (χ2v) is 5.74. The number of aryl methyl sites for hydroxylation is 1. The van der Waals surface area contributed by atoms with Crippen LogP contribution in [0.15, 0.2) is 47.5 Å². The number of ether oxygens (including phenoxy) is 1. The summed E-state index contributed by atoms with van der Waals surface area (Å²) in [5, 5.41) is 4.86. The molecule has 0 spiro atoms. The number of hydrogen-bond donors (Lipinski definition) is 0. The minimum Gasteiger partial charge on any atom is -0.377 e. The van der Waals surface area contributed by atoms with E-state index in [1.807, 2.05) is 30.3 Å². The molecule has 0 unspecified atom stereocenters. The number of hydrogen-bond acceptors (Lipinski definition) is 5. The maximum atomic E-state index is 12.9. The lowest BCUT2D eigenvalue weighted by atomic mass is 10.1. The van der Waals surface area contributed by atoms with Gasteiger partial charge < -0.3 is 4.74 Å². The van der Waals surface area contributed by atoms with Gasteiger partial charge in [-0.3, -0.25) is 9.36 Å². The standard InChI is InChI=1S/C18H17N5O2/c1-3-12-4-6-13(7-5-12)22-9-8-15-14(17(22)24)10-19-18-20-16(11-25-2)21-23(15)18/h4-10H,3,11H2,1-2H3. The van der Waals surface area contributed by atoms with Crippen LogP contribution in [0, 0.1) is 0 Å². The quantitative estimate of drug-likeness (QED) is 0.571. The van der Waals surface area contributed by atoms with E-state index in [-0.39, 0.29) is 5.56 Å². The Labute approximate surface area is 143 Å². The van der Waals surface area contributed by atoms with Gasteiger partial charge >= 0.3 is 0 Å². The number of rotatable bonds is 4. The Kier molecular flexibility index (Phi) is 3.77. The van der Waals surface area contributed by atoms with Crippen molar-refractivity contribution in [2.75, 3.05) is 7.11 Å². The minimum absolute atomic E-state index is 0.139. The van der Waals surface area contributed by atoms with Gasteiger partial charge in [-0.25, -0.2) is 4.98 Å². The van der Waals surface area contributed by atoms with Crippen molar-refractivity contribution >= 4 is 16.7 Å². The van der Waals surface area contributed by atoms with Gasteiger partial charge in [-0.15, -0.1) is 5.10 Å². The van der Waals surface area contributed by atoms with E-state index in [0.717, 1.165) is 12.1 Å². The van der Waals surface area contributed by atoms with E-state index >= 15 is 0 Å². The van der Waals surface area contributed by atoms with Crippen molar-refractivity contribution < 1.29 is 4.74 Å². The first-order chi connectivity index (χ1) is 12.2. The highest BCUT2D eigenvalue weighted by atomic mass is 16.5. The molecule has 0 saturated heterocycles. The fourth-order valence-corrected chi connectivity index (χ4v) is 2.85. The van der Waals surface area contributed by atoms with Crippen molar-refractivity contribution in [2.24, 2.45) is 0 Å². The smallest absolute Gasteiger partial charge is 0.266 e. The van der Waals surface area contributed by atoms with Crippen molar-refractivity contribution in [1.82, 2.24) is 24.1 Å². The molecular formula is C18H17N5O2. The Morgan fingerprint density at radius 2 is 1.96 bits per heavy atom. The maximum absolute atomic E-state index is 12.9. The summed E-state index contributed by atoms with van der Waals surface area (Å²) in [6, 6.07) is 9.81. The van der Waals surface area contributed by atoms with E-state index in [1.165, 1.54) is 5.56 Å². The zero-order valence-electron chi connectivity index (χ0n) is 14.0. The third-order valence-corrected chi connectivity index (χ3v) is 4.17. The van der Waals surface area contributed by atoms with E-state index in [9.17, 15) is 4.79 Å². The summed E-state index contributed by atoms with van der Waals surface area (Å²) in [6.45, 7) is 2.40. The SMILES string of the molecule is CCc1ccc(-n2ccc3c(cnc4nc(COC)nn43)c2=O)cc1. The Morgan fingerprint density at radius 3 is 2.68 bits per heavy atom. The molecule has 7 heteroatoms. The van der Waals surface area contributed by atoms with Crippen LogP contribution in [-0.2, 0) is 17.8 Å². The number of methoxy groups -OCH3 is 1. The summed E-state index contributed by atoms with van der Waals surface area (Å²) in [7, 11) is 1.58. The molecule has 0 atom stereocenters. The summed E-state index contributed by atoms with van der Waals surface area (Å²) in [5.41, 5.74) is 2.59. The topological polar surface area (TPSA) is 74.3 Å². The van der Waals surface area contributed by atoms with Crippen molar-refractivity contribution in [2.45, 2.75) is 20.0 Å². The number of nitrogens with zero attached hydrogens (tertiary/aromatic N) is 5. The second-order valence-electron chi connectivity index (χ2n) is 5.74. The van der Waals surface area contributed by atoms with E-state index in [2.05, 4.69) is 22.0 Å². The zero-order valence-corrected chi connectivity index (χ0v) is 14.0. The average Bonchev–Trinajstić information content (AvgIpc) is 3.05. The molecule has 0 saturated carbocycles. The molecule has 1 aromatic carbocycles. The predicted octanol–water partition coefficient (Wildman–Crippen LogP) is 2.14. The van der Waals surface area contributed by atoms with Crippen LogP contribution >= 0.6 is 0 Å². The number of benzene rings is 1. The molecule has 126 valence electrons. The summed E-state index contributed by atoms with van der Waals surface area (Å²) in [6.07, 6.45) is 4.27. The molecule has 3 aromatic heterocycles. The van der Waals surface area contributed by atoms with E-state index < -0.39 is 0 Å². The molecule has 0 aliphatic heterocycles. The van der Waals surface area contributed by atoms with Crippen LogP contribution in [0.25, 0.3) is 22.4 Å². The number of fused-ring (bicyclic) bond motifs is 3. The Balaban J connectivity index is 1.89. The van der Waals surface area contributed by atoms with E-state index in [4.69, 9.17) is 4.74 Å². The Hall–Kier alpha value is -3.06. The third-order valence-electron chi connectivity index (χ3n) is 4.17. The highest BCUT2D eigenvalue weighted by Crippen LogP contribution is 2.14. The second kappa shape index (κ2) is 6.10. The molecule has 0 fully saturated rings. The van der Waals surface area contributed by atoms with Gasteiger partial charge in [0.05, 0.1) is 10.9 Å². The van der Waals surface area contributed by atoms with Crippen LogP contribution in [0.1, 0.15) is 18.3 Å². The molecule has 0 aliphatic rings. The van der Waals surface area contributed by atoms with Crippen LogP contribution in [-0.4, -0.2) is 31.3 Å². The molecule has 7 nitrogen and oxygen atoms in total. The van der Waals surface area contributed by atoms with E-state index in [0.29, 0.717) is 29.1 Å². The van der Waals surface area contributed by atoms with Gasteiger partial charge in [0.25, 0.3) is 11.3 Å². The van der Waals surface area contributed by atoms with Crippen LogP contribution in [0.5, 0.6) is 0 Å². The third kappa shape index (κ3) is 2.58. The fourth-order valence-electron chi connectivity index (χ4n) is 2.85. The summed E-state index contributed by atoms with van der Waals surface area (Å²) >= 11 is 0. The maximum Gasteiger partial charge on any atom is 0.266 e. The Bertz CT molecular complexity index is 1110. The molecule has 3 heterocycles. The summed E-state index contributed by atoms with van der Waals surface area (Å²) < 4.78 is 8.25. The lowest BCUT2D eigenvalue weighted by Crippen LogP contribution is -2.18. The van der Waals surface area contributed by atoms with Gasteiger partial charge in [0.15, 0.2) is 5.82 Å². The number of aromatic nitrogens is 5. The monoisotopic (exact) mass is 335 g/mol. The molecule has 0 bridgehead atoms. The first kappa shape index (κ1) is 15.5. The first-order valence-electron chi connectivity index (χ1n) is 8.05. The van der Waals surface area contributed by atoms with Crippen LogP contribution < -0.4 is 5.56 Å². The lowest BCUT2D eigenvalue weighted by molar-refractivity contribution is 0.178. The van der Waals surface area contributed by atoms with Crippen molar-refractivity contribution in [3.8, 4) is 5.69 Å². The van der Waals surface area contributed by atoms with Crippen molar-refractivity contribution in [3.05, 3.63) is 64.5 Å². The van der Waals surface area contributed by atoms with Gasteiger partial charge in [0.1, 0.15) is 6.61 Å². The minimum atomic E-state index is -0.139. The lowest BCUT2D eigenvalue weighted by Gasteiger charge is -2.08. The van der Waals surface area contributed by atoms with Crippen LogP contribution in [0.2, 0.25) is 0 Å². The average molecular weight is 335 g/mol. The van der Waals surface area contributed by atoms with Gasteiger partial charge in [-0.1, -0.05) is 19.1 Å². The van der Waals surface area contributed by atoms with Crippen LogP contribution in [0.4, 0.5) is 0 Å². The molecule has 0 N–H and O–H groups in total.